The monoisotopic (exact) mass is 244 g/mol. The maximum Gasteiger partial charge on any atom is 0.335 e. The Morgan fingerprint density at radius 2 is 2.00 bits per heavy atom. The summed E-state index contributed by atoms with van der Waals surface area (Å²) in [6.07, 6.45) is 1.42. The molecule has 1 N–H and O–H groups in total. The van der Waals surface area contributed by atoms with Gasteiger partial charge in [0.2, 0.25) is 5.88 Å². The Balaban J connectivity index is 2.25. The van der Waals surface area contributed by atoms with Crippen molar-refractivity contribution in [3.05, 3.63) is 47.4 Å². The number of carboxylic acid groups (broad SMARTS) is 1. The van der Waals surface area contributed by atoms with Crippen molar-refractivity contribution >= 4 is 5.97 Å². The van der Waals surface area contributed by atoms with E-state index >= 15 is 0 Å². The molecule has 5 heteroatoms. The van der Waals surface area contributed by atoms with E-state index in [0.29, 0.717) is 17.2 Å². The number of ether oxygens (including phenoxy) is 1. The zero-order chi connectivity index (χ0) is 13.1. The van der Waals surface area contributed by atoms with Gasteiger partial charge in [-0.2, -0.15) is 0 Å². The first-order chi connectivity index (χ1) is 8.56. The average molecular weight is 244 g/mol. The average Bonchev–Trinajstić information content (AvgIpc) is 2.28. The van der Waals surface area contributed by atoms with Crippen LogP contribution in [0.25, 0.3) is 0 Å². The number of nitrogens with zero attached hydrogens (tertiary/aromatic N) is 2. The third-order valence-corrected chi connectivity index (χ3v) is 2.43. The van der Waals surface area contributed by atoms with Crippen LogP contribution >= 0.6 is 0 Å². The molecule has 1 heterocycles. The maximum absolute atomic E-state index is 10.9. The number of aryl methyl sites for hydroxylation is 2. The van der Waals surface area contributed by atoms with E-state index in [4.69, 9.17) is 9.84 Å². The molecule has 2 rings (SSSR count). The second kappa shape index (κ2) is 4.83. The Morgan fingerprint density at radius 1 is 1.22 bits per heavy atom. The Hall–Kier alpha value is -2.43. The molecule has 0 fully saturated rings. The molecule has 1 aromatic heterocycles. The van der Waals surface area contributed by atoms with Crippen LogP contribution in [0.5, 0.6) is 11.6 Å². The molecule has 5 nitrogen and oxygen atoms in total. The molecule has 0 atom stereocenters. The van der Waals surface area contributed by atoms with E-state index in [2.05, 4.69) is 9.97 Å². The van der Waals surface area contributed by atoms with E-state index in [-0.39, 0.29) is 5.56 Å². The fourth-order valence-corrected chi connectivity index (χ4v) is 1.55. The van der Waals surface area contributed by atoms with Crippen LogP contribution in [0.15, 0.2) is 30.6 Å². The Bertz CT molecular complexity index is 597. The molecule has 0 spiro atoms. The van der Waals surface area contributed by atoms with Gasteiger partial charge >= 0.3 is 5.97 Å². The van der Waals surface area contributed by atoms with Gasteiger partial charge in [-0.15, -0.1) is 0 Å². The lowest BCUT2D eigenvalue weighted by Gasteiger charge is -2.07. The van der Waals surface area contributed by atoms with Gasteiger partial charge in [0.1, 0.15) is 12.1 Å². The van der Waals surface area contributed by atoms with Crippen LogP contribution in [0, 0.1) is 13.8 Å². The molecule has 18 heavy (non-hydrogen) atoms. The van der Waals surface area contributed by atoms with E-state index in [1.807, 2.05) is 6.92 Å². The second-order valence-corrected chi connectivity index (χ2v) is 3.88. The summed E-state index contributed by atoms with van der Waals surface area (Å²) in [5.41, 5.74) is 1.71. The first-order valence-electron chi connectivity index (χ1n) is 5.36. The van der Waals surface area contributed by atoms with Crippen molar-refractivity contribution in [2.75, 3.05) is 0 Å². The highest BCUT2D eigenvalue weighted by molar-refractivity contribution is 5.89. The molecule has 0 aliphatic rings. The molecule has 92 valence electrons. The molecule has 0 unspecified atom stereocenters. The quantitative estimate of drug-likeness (QED) is 0.898. The summed E-state index contributed by atoms with van der Waals surface area (Å²) in [7, 11) is 0. The molecule has 2 aromatic rings. The van der Waals surface area contributed by atoms with E-state index in [1.165, 1.54) is 12.4 Å². The molecule has 1 aromatic carbocycles. The summed E-state index contributed by atoms with van der Waals surface area (Å²) in [4.78, 5) is 18.8. The third-order valence-electron chi connectivity index (χ3n) is 2.43. The molecular weight excluding hydrogens is 232 g/mol. The zero-order valence-corrected chi connectivity index (χ0v) is 10.0. The lowest BCUT2D eigenvalue weighted by Crippen LogP contribution is -1.99. The van der Waals surface area contributed by atoms with Crippen LogP contribution in [0.4, 0.5) is 0 Å². The molecule has 0 aliphatic carbocycles. The number of aromatic nitrogens is 2. The summed E-state index contributed by atoms with van der Waals surface area (Å²) in [6.45, 7) is 3.56. The van der Waals surface area contributed by atoms with Crippen molar-refractivity contribution in [1.82, 2.24) is 9.97 Å². The number of aromatic carboxylic acids is 1. The number of rotatable bonds is 3. The number of hydrogen-bond acceptors (Lipinski definition) is 4. The van der Waals surface area contributed by atoms with Gasteiger partial charge in [-0.3, -0.25) is 0 Å². The molecule has 0 bridgehead atoms. The number of carboxylic acids is 1. The Labute approximate surface area is 104 Å². The lowest BCUT2D eigenvalue weighted by atomic mass is 10.1. The molecule has 0 saturated carbocycles. The van der Waals surface area contributed by atoms with E-state index < -0.39 is 5.97 Å². The molecule has 0 saturated heterocycles. The summed E-state index contributed by atoms with van der Waals surface area (Å²) in [5, 5.41) is 8.92. The Morgan fingerprint density at radius 3 is 2.61 bits per heavy atom. The topological polar surface area (TPSA) is 72.3 Å². The van der Waals surface area contributed by atoms with Gasteiger partial charge in [0.15, 0.2) is 0 Å². The van der Waals surface area contributed by atoms with Gasteiger partial charge in [-0.05, 0) is 37.6 Å². The first-order valence-corrected chi connectivity index (χ1v) is 5.36. The normalized spacial score (nSPS) is 10.1. The fourth-order valence-electron chi connectivity index (χ4n) is 1.55. The van der Waals surface area contributed by atoms with Crippen molar-refractivity contribution in [3.63, 3.8) is 0 Å². The Kier molecular flexibility index (Phi) is 3.23. The minimum absolute atomic E-state index is 0.265. The summed E-state index contributed by atoms with van der Waals surface area (Å²) >= 11 is 0. The van der Waals surface area contributed by atoms with E-state index in [9.17, 15) is 4.79 Å². The molecule has 0 amide bonds. The van der Waals surface area contributed by atoms with Crippen LogP contribution in [0.3, 0.4) is 0 Å². The summed E-state index contributed by atoms with van der Waals surface area (Å²) < 4.78 is 5.53. The van der Waals surface area contributed by atoms with Gasteiger partial charge in [-0.1, -0.05) is 0 Å². The molecule has 0 aliphatic heterocycles. The van der Waals surface area contributed by atoms with Crippen molar-refractivity contribution < 1.29 is 14.6 Å². The SMILES string of the molecule is Cc1cc(Oc2ccc(C(=O)O)c(C)c2)ncn1. The summed E-state index contributed by atoms with van der Waals surface area (Å²) in [5.74, 6) is 0.0394. The number of carbonyl (C=O) groups is 1. The van der Waals surface area contributed by atoms with Crippen LogP contribution in [-0.2, 0) is 0 Å². The first kappa shape index (κ1) is 12.0. The van der Waals surface area contributed by atoms with E-state index in [0.717, 1.165) is 5.69 Å². The predicted octanol–water partition coefficient (Wildman–Crippen LogP) is 2.58. The third kappa shape index (κ3) is 2.63. The largest absolute Gasteiger partial charge is 0.478 e. The van der Waals surface area contributed by atoms with Crippen LogP contribution in [-0.4, -0.2) is 21.0 Å². The number of hydrogen-bond donors (Lipinski definition) is 1. The van der Waals surface area contributed by atoms with Crippen molar-refractivity contribution in [2.45, 2.75) is 13.8 Å². The van der Waals surface area contributed by atoms with Crippen molar-refractivity contribution in [1.29, 1.82) is 0 Å². The number of benzene rings is 1. The van der Waals surface area contributed by atoms with Crippen LogP contribution in [0.2, 0.25) is 0 Å². The second-order valence-electron chi connectivity index (χ2n) is 3.88. The fraction of sp³-hybridized carbons (Fsp3) is 0.154. The van der Waals surface area contributed by atoms with Crippen molar-refractivity contribution in [3.8, 4) is 11.6 Å². The summed E-state index contributed by atoms with van der Waals surface area (Å²) in [6, 6.07) is 6.50. The van der Waals surface area contributed by atoms with E-state index in [1.54, 1.807) is 25.1 Å². The van der Waals surface area contributed by atoms with Gasteiger partial charge < -0.3 is 9.84 Å². The van der Waals surface area contributed by atoms with Crippen molar-refractivity contribution in [2.24, 2.45) is 0 Å². The van der Waals surface area contributed by atoms with Crippen LogP contribution in [0.1, 0.15) is 21.6 Å². The smallest absolute Gasteiger partial charge is 0.335 e. The highest BCUT2D eigenvalue weighted by Gasteiger charge is 2.08. The standard InChI is InChI=1S/C13H12N2O3/c1-8-5-10(3-4-11(8)13(16)17)18-12-6-9(2)14-7-15-12/h3-7H,1-2H3,(H,16,17). The van der Waals surface area contributed by atoms with Gasteiger partial charge in [0.25, 0.3) is 0 Å². The van der Waals surface area contributed by atoms with Gasteiger partial charge in [-0.25, -0.2) is 14.8 Å². The van der Waals surface area contributed by atoms with Gasteiger partial charge in [0.05, 0.1) is 5.56 Å². The highest BCUT2D eigenvalue weighted by Crippen LogP contribution is 2.22. The molecular formula is C13H12N2O3. The minimum atomic E-state index is -0.947. The minimum Gasteiger partial charge on any atom is -0.478 e. The highest BCUT2D eigenvalue weighted by atomic mass is 16.5. The predicted molar refractivity (Wildman–Crippen MR) is 65.0 cm³/mol. The lowest BCUT2D eigenvalue weighted by molar-refractivity contribution is 0.0696. The van der Waals surface area contributed by atoms with Gasteiger partial charge in [0, 0.05) is 11.8 Å². The molecule has 0 radical (unpaired) electrons. The van der Waals surface area contributed by atoms with Crippen LogP contribution < -0.4 is 4.74 Å². The maximum atomic E-state index is 10.9. The zero-order valence-electron chi connectivity index (χ0n) is 10.0.